The summed E-state index contributed by atoms with van der Waals surface area (Å²) in [7, 11) is 0. The topological polar surface area (TPSA) is 55.9 Å². The van der Waals surface area contributed by atoms with Crippen LogP contribution >= 0.6 is 11.3 Å². The summed E-state index contributed by atoms with van der Waals surface area (Å²) in [6.07, 6.45) is 3.95. The number of hydrogen-bond acceptors (Lipinski definition) is 5. The second-order valence-corrected chi connectivity index (χ2v) is 6.52. The molecule has 0 aliphatic heterocycles. The van der Waals surface area contributed by atoms with Gasteiger partial charge in [0.05, 0.1) is 22.8 Å². The van der Waals surface area contributed by atoms with Gasteiger partial charge in [-0.1, -0.05) is 11.2 Å². The summed E-state index contributed by atoms with van der Waals surface area (Å²) in [5.74, 6) is 0.829. The van der Waals surface area contributed by atoms with Crippen LogP contribution in [-0.4, -0.2) is 21.0 Å². The molecule has 3 aromatic heterocycles. The molecule has 0 saturated carbocycles. The first-order chi connectivity index (χ1) is 10.6. The Hall–Kier alpha value is -1.92. The average Bonchev–Trinajstić information content (AvgIpc) is 3.24. The molecule has 0 fully saturated rings. The summed E-state index contributed by atoms with van der Waals surface area (Å²) in [5.41, 5.74) is 2.09. The standard InChI is InChI=1S/C16H20N4OS/c1-11-8-18-20(10-11)13(3)12(2)17-9-14-7-15(21-19-14)16-5-4-6-22-16/h4-8,10,12-13,17H,9H2,1-3H3/t12-,13-/m0/s1. The van der Waals surface area contributed by atoms with E-state index in [-0.39, 0.29) is 12.1 Å². The summed E-state index contributed by atoms with van der Waals surface area (Å²) < 4.78 is 7.39. The highest BCUT2D eigenvalue weighted by atomic mass is 32.1. The molecule has 2 atom stereocenters. The van der Waals surface area contributed by atoms with Crippen molar-refractivity contribution in [1.82, 2.24) is 20.3 Å². The molecular formula is C16H20N4OS. The lowest BCUT2D eigenvalue weighted by atomic mass is 10.1. The van der Waals surface area contributed by atoms with Gasteiger partial charge in [0, 0.05) is 24.8 Å². The highest BCUT2D eigenvalue weighted by Gasteiger charge is 2.15. The zero-order valence-electron chi connectivity index (χ0n) is 13.0. The van der Waals surface area contributed by atoms with Gasteiger partial charge >= 0.3 is 0 Å². The molecule has 0 amide bonds. The van der Waals surface area contributed by atoms with E-state index in [1.54, 1.807) is 11.3 Å². The van der Waals surface area contributed by atoms with Crippen molar-refractivity contribution in [2.75, 3.05) is 0 Å². The van der Waals surface area contributed by atoms with Gasteiger partial charge in [0.2, 0.25) is 0 Å². The maximum Gasteiger partial charge on any atom is 0.177 e. The molecule has 0 radical (unpaired) electrons. The van der Waals surface area contributed by atoms with Crippen LogP contribution < -0.4 is 5.32 Å². The highest BCUT2D eigenvalue weighted by molar-refractivity contribution is 7.13. The molecule has 5 nitrogen and oxygen atoms in total. The first kappa shape index (κ1) is 15.0. The zero-order valence-corrected chi connectivity index (χ0v) is 13.8. The summed E-state index contributed by atoms with van der Waals surface area (Å²) >= 11 is 1.65. The molecule has 0 bridgehead atoms. The van der Waals surface area contributed by atoms with Crippen LogP contribution in [0.25, 0.3) is 10.6 Å². The summed E-state index contributed by atoms with van der Waals surface area (Å²) in [6, 6.07) is 6.59. The van der Waals surface area contributed by atoms with E-state index in [1.165, 1.54) is 5.56 Å². The van der Waals surface area contributed by atoms with E-state index in [0.717, 1.165) is 16.3 Å². The van der Waals surface area contributed by atoms with Crippen molar-refractivity contribution in [3.63, 3.8) is 0 Å². The Morgan fingerprint density at radius 1 is 1.41 bits per heavy atom. The van der Waals surface area contributed by atoms with Crippen molar-refractivity contribution in [1.29, 1.82) is 0 Å². The minimum atomic E-state index is 0.275. The van der Waals surface area contributed by atoms with E-state index in [2.05, 4.69) is 42.5 Å². The lowest BCUT2D eigenvalue weighted by Crippen LogP contribution is -2.33. The first-order valence-corrected chi connectivity index (χ1v) is 8.25. The van der Waals surface area contributed by atoms with Crippen molar-refractivity contribution < 1.29 is 4.52 Å². The van der Waals surface area contributed by atoms with Gasteiger partial charge in [0.1, 0.15) is 0 Å². The molecule has 116 valence electrons. The fourth-order valence-corrected chi connectivity index (χ4v) is 2.92. The maximum atomic E-state index is 5.39. The second kappa shape index (κ2) is 6.46. The van der Waals surface area contributed by atoms with E-state index in [9.17, 15) is 0 Å². The monoisotopic (exact) mass is 316 g/mol. The Morgan fingerprint density at radius 2 is 2.27 bits per heavy atom. The molecule has 1 N–H and O–H groups in total. The Balaban J connectivity index is 1.58. The van der Waals surface area contributed by atoms with Crippen molar-refractivity contribution in [3.05, 3.63) is 47.2 Å². The molecule has 0 aromatic carbocycles. The largest absolute Gasteiger partial charge is 0.355 e. The molecule has 22 heavy (non-hydrogen) atoms. The van der Waals surface area contributed by atoms with E-state index < -0.39 is 0 Å². The minimum Gasteiger partial charge on any atom is -0.355 e. The summed E-state index contributed by atoms with van der Waals surface area (Å²) in [5, 5.41) is 14.0. The molecule has 0 unspecified atom stereocenters. The van der Waals surface area contributed by atoms with E-state index in [4.69, 9.17) is 4.52 Å². The molecule has 3 rings (SSSR count). The van der Waals surface area contributed by atoms with Gasteiger partial charge < -0.3 is 9.84 Å². The third-order valence-electron chi connectivity index (χ3n) is 3.80. The SMILES string of the molecule is Cc1cnn([C@@H](C)[C@H](C)NCc2cc(-c3cccs3)on2)c1. The van der Waals surface area contributed by atoms with Gasteiger partial charge in [-0.2, -0.15) is 5.10 Å². The van der Waals surface area contributed by atoms with Crippen molar-refractivity contribution in [2.24, 2.45) is 0 Å². The zero-order chi connectivity index (χ0) is 15.5. The van der Waals surface area contributed by atoms with Gasteiger partial charge in [0.15, 0.2) is 5.76 Å². The smallest absolute Gasteiger partial charge is 0.177 e. The number of aryl methyl sites for hydroxylation is 1. The predicted molar refractivity (Wildman–Crippen MR) is 87.8 cm³/mol. The Kier molecular flexibility index (Phi) is 4.40. The molecule has 0 aliphatic rings. The third-order valence-corrected chi connectivity index (χ3v) is 4.68. The fraction of sp³-hybridized carbons (Fsp3) is 0.375. The molecule has 3 aromatic rings. The van der Waals surface area contributed by atoms with Crippen molar-refractivity contribution in [2.45, 2.75) is 39.4 Å². The molecule has 3 heterocycles. The molecule has 6 heteroatoms. The third kappa shape index (κ3) is 3.28. The van der Waals surface area contributed by atoms with Gasteiger partial charge in [-0.15, -0.1) is 11.3 Å². The van der Waals surface area contributed by atoms with Gasteiger partial charge in [-0.25, -0.2) is 0 Å². The van der Waals surface area contributed by atoms with Crippen LogP contribution in [0.3, 0.4) is 0 Å². The molecule has 0 saturated heterocycles. The second-order valence-electron chi connectivity index (χ2n) is 5.57. The lowest BCUT2D eigenvalue weighted by molar-refractivity contribution is 0.357. The van der Waals surface area contributed by atoms with Gasteiger partial charge in [0.25, 0.3) is 0 Å². The number of rotatable bonds is 6. The van der Waals surface area contributed by atoms with Gasteiger partial charge in [-0.05, 0) is 37.8 Å². The van der Waals surface area contributed by atoms with Crippen LogP contribution in [0.15, 0.2) is 40.5 Å². The average molecular weight is 316 g/mol. The molecule has 0 aliphatic carbocycles. The van der Waals surface area contributed by atoms with Crippen LogP contribution in [0.2, 0.25) is 0 Å². The normalized spacial score (nSPS) is 14.1. The highest BCUT2D eigenvalue weighted by Crippen LogP contribution is 2.25. The number of aromatic nitrogens is 3. The minimum absolute atomic E-state index is 0.275. The maximum absolute atomic E-state index is 5.39. The molecule has 0 spiro atoms. The number of thiophene rings is 1. The Labute approximate surface area is 133 Å². The van der Waals surface area contributed by atoms with Crippen LogP contribution in [0, 0.1) is 6.92 Å². The van der Waals surface area contributed by atoms with Crippen LogP contribution in [0.1, 0.15) is 31.1 Å². The molecular weight excluding hydrogens is 296 g/mol. The van der Waals surface area contributed by atoms with Gasteiger partial charge in [-0.3, -0.25) is 4.68 Å². The quantitative estimate of drug-likeness (QED) is 0.754. The van der Waals surface area contributed by atoms with E-state index >= 15 is 0 Å². The van der Waals surface area contributed by atoms with E-state index in [1.807, 2.05) is 34.5 Å². The van der Waals surface area contributed by atoms with Crippen LogP contribution in [0.4, 0.5) is 0 Å². The van der Waals surface area contributed by atoms with Crippen LogP contribution in [0.5, 0.6) is 0 Å². The Morgan fingerprint density at radius 3 is 2.95 bits per heavy atom. The van der Waals surface area contributed by atoms with Crippen LogP contribution in [-0.2, 0) is 6.54 Å². The number of nitrogens with zero attached hydrogens (tertiary/aromatic N) is 3. The lowest BCUT2D eigenvalue weighted by Gasteiger charge is -2.21. The van der Waals surface area contributed by atoms with E-state index in [0.29, 0.717) is 6.54 Å². The Bertz CT molecular complexity index is 716. The first-order valence-electron chi connectivity index (χ1n) is 7.37. The van der Waals surface area contributed by atoms with Crippen molar-refractivity contribution >= 4 is 11.3 Å². The predicted octanol–water partition coefficient (Wildman–Crippen LogP) is 3.65. The number of nitrogens with one attached hydrogen (secondary N) is 1. The number of hydrogen-bond donors (Lipinski definition) is 1. The summed E-state index contributed by atoms with van der Waals surface area (Å²) in [4.78, 5) is 1.10. The van der Waals surface area contributed by atoms with Crippen molar-refractivity contribution in [3.8, 4) is 10.6 Å². The summed E-state index contributed by atoms with van der Waals surface area (Å²) in [6.45, 7) is 7.04. The fourth-order valence-electron chi connectivity index (χ4n) is 2.25.